The van der Waals surface area contributed by atoms with E-state index in [1.54, 1.807) is 4.82 Å². The van der Waals surface area contributed by atoms with E-state index in [1.165, 1.54) is 12.1 Å². The zero-order valence-corrected chi connectivity index (χ0v) is 10.8. The molecule has 0 atom stereocenters. The molecule has 0 aromatic rings. The maximum atomic E-state index is 4.36. The zero-order chi connectivity index (χ0) is 9.41. The highest BCUT2D eigenvalue weighted by Gasteiger charge is 2.35. The average molecular weight is 196 g/mol. The van der Waals surface area contributed by atoms with Crippen molar-refractivity contribution in [1.82, 2.24) is 0 Å². The van der Waals surface area contributed by atoms with Crippen LogP contribution in [0.25, 0.3) is 0 Å². The van der Waals surface area contributed by atoms with Crippen molar-refractivity contribution in [3.05, 3.63) is 23.6 Å². The molecule has 0 aromatic heterocycles. The van der Waals surface area contributed by atoms with Crippen molar-refractivity contribution in [3.8, 4) is 0 Å². The molecule has 0 unspecified atom stereocenters. The van der Waals surface area contributed by atoms with Crippen molar-refractivity contribution in [2.45, 2.75) is 38.3 Å². The highest BCUT2D eigenvalue weighted by atomic mass is 28.4. The first kappa shape index (κ1) is 10.00. The van der Waals surface area contributed by atoms with E-state index in [9.17, 15) is 0 Å². The van der Waals surface area contributed by atoms with Gasteiger partial charge in [-0.3, -0.25) is 0 Å². The summed E-state index contributed by atoms with van der Waals surface area (Å²) in [4.78, 5) is 1.67. The molecular weight excluding hydrogens is 176 g/mol. The van der Waals surface area contributed by atoms with Crippen LogP contribution in [0.1, 0.15) is 0 Å². The lowest BCUT2D eigenvalue weighted by Gasteiger charge is -2.32. The Bertz CT molecular complexity index is 202. The normalized spacial score (nSPS) is 26.8. The van der Waals surface area contributed by atoms with Crippen LogP contribution in [0.15, 0.2) is 23.6 Å². The van der Waals surface area contributed by atoms with E-state index in [1.807, 2.05) is 0 Å². The van der Waals surface area contributed by atoms with Crippen LogP contribution in [-0.2, 0) is 0 Å². The number of allylic oxidation sites excluding steroid dienone is 2. The van der Waals surface area contributed by atoms with Gasteiger partial charge in [-0.15, -0.1) is 6.58 Å². The van der Waals surface area contributed by atoms with Crippen LogP contribution in [0, 0.1) is 0 Å². The molecule has 0 radical (unpaired) electrons. The SMILES string of the molecule is C=C1[Si](C)(C)CC=CC[Si]1(C)C. The summed E-state index contributed by atoms with van der Waals surface area (Å²) in [6.07, 6.45) is 4.78. The molecule has 68 valence electrons. The first-order valence-corrected chi connectivity index (χ1v) is 11.1. The lowest BCUT2D eigenvalue weighted by molar-refractivity contribution is 1.52. The van der Waals surface area contributed by atoms with Gasteiger partial charge in [0.1, 0.15) is 0 Å². The van der Waals surface area contributed by atoms with Crippen LogP contribution in [0.3, 0.4) is 0 Å². The summed E-state index contributed by atoms with van der Waals surface area (Å²) in [5.74, 6) is 0. The van der Waals surface area contributed by atoms with E-state index in [0.717, 1.165) is 0 Å². The summed E-state index contributed by atoms with van der Waals surface area (Å²) in [6.45, 7) is 14.2. The minimum atomic E-state index is -1.10. The Kier molecular flexibility index (Phi) is 2.50. The van der Waals surface area contributed by atoms with Crippen molar-refractivity contribution in [2.24, 2.45) is 0 Å². The summed E-state index contributed by atoms with van der Waals surface area (Å²) in [6, 6.07) is 2.62. The van der Waals surface area contributed by atoms with Crippen molar-refractivity contribution in [3.63, 3.8) is 0 Å². The predicted molar refractivity (Wildman–Crippen MR) is 62.9 cm³/mol. The maximum Gasteiger partial charge on any atom is 0.0742 e. The van der Waals surface area contributed by atoms with Gasteiger partial charge in [0.2, 0.25) is 0 Å². The van der Waals surface area contributed by atoms with Gasteiger partial charge in [-0.25, -0.2) is 0 Å². The third-order valence-electron chi connectivity index (χ3n) is 3.06. The number of hydrogen-bond donors (Lipinski definition) is 0. The molecule has 12 heavy (non-hydrogen) atoms. The van der Waals surface area contributed by atoms with Crippen LogP contribution in [0.5, 0.6) is 0 Å². The molecule has 0 amide bonds. The topological polar surface area (TPSA) is 0 Å². The standard InChI is InChI=1S/C10H20Si2/c1-10-11(2,3)8-6-7-9-12(10,4)5/h6-7H,1,8-9H2,2-5H3. The molecule has 0 N–H and O–H groups in total. The lowest BCUT2D eigenvalue weighted by Crippen LogP contribution is -2.41. The van der Waals surface area contributed by atoms with Gasteiger partial charge in [0.05, 0.1) is 16.1 Å². The van der Waals surface area contributed by atoms with E-state index in [2.05, 4.69) is 44.9 Å². The molecule has 0 saturated heterocycles. The Balaban J connectivity index is 2.98. The van der Waals surface area contributed by atoms with Crippen molar-refractivity contribution >= 4 is 16.1 Å². The van der Waals surface area contributed by atoms with E-state index < -0.39 is 16.1 Å². The molecule has 1 heterocycles. The third-order valence-corrected chi connectivity index (χ3v) is 12.9. The average Bonchev–Trinajstić information content (AvgIpc) is 2.02. The highest BCUT2D eigenvalue weighted by Crippen LogP contribution is 2.32. The van der Waals surface area contributed by atoms with Gasteiger partial charge in [0, 0.05) is 0 Å². The summed E-state index contributed by atoms with van der Waals surface area (Å²) in [7, 11) is -2.20. The first-order chi connectivity index (χ1) is 5.36. The summed E-state index contributed by atoms with van der Waals surface area (Å²) < 4.78 is 0. The van der Waals surface area contributed by atoms with Crippen molar-refractivity contribution < 1.29 is 0 Å². The molecule has 1 aliphatic heterocycles. The summed E-state index contributed by atoms with van der Waals surface area (Å²) in [5, 5.41) is 0. The van der Waals surface area contributed by atoms with Gasteiger partial charge >= 0.3 is 0 Å². The fourth-order valence-electron chi connectivity index (χ4n) is 1.92. The van der Waals surface area contributed by atoms with Gasteiger partial charge in [-0.1, -0.05) is 43.2 Å². The molecule has 0 aliphatic carbocycles. The van der Waals surface area contributed by atoms with E-state index in [-0.39, 0.29) is 0 Å². The predicted octanol–water partition coefficient (Wildman–Crippen LogP) is 3.61. The minimum absolute atomic E-state index is 1.10. The number of rotatable bonds is 0. The second-order valence-corrected chi connectivity index (χ2v) is 15.2. The summed E-state index contributed by atoms with van der Waals surface area (Å²) in [5.41, 5.74) is 0. The van der Waals surface area contributed by atoms with Crippen LogP contribution in [-0.4, -0.2) is 16.1 Å². The quantitative estimate of drug-likeness (QED) is 0.410. The van der Waals surface area contributed by atoms with Gasteiger partial charge in [-0.2, -0.15) is 0 Å². The minimum Gasteiger partial charge on any atom is -0.107 e. The van der Waals surface area contributed by atoms with Crippen LogP contribution in [0.4, 0.5) is 0 Å². The fraction of sp³-hybridized carbons (Fsp3) is 0.600. The Morgan fingerprint density at radius 2 is 1.33 bits per heavy atom. The van der Waals surface area contributed by atoms with Crippen molar-refractivity contribution in [1.29, 1.82) is 0 Å². The smallest absolute Gasteiger partial charge is 0.0742 e. The Morgan fingerprint density at radius 3 is 1.67 bits per heavy atom. The molecule has 1 aliphatic rings. The second-order valence-electron chi connectivity index (χ2n) is 5.13. The number of hydrogen-bond acceptors (Lipinski definition) is 0. The second kappa shape index (κ2) is 3.00. The molecule has 0 aromatic carbocycles. The third kappa shape index (κ3) is 1.80. The highest BCUT2D eigenvalue weighted by molar-refractivity contribution is 7.06. The molecule has 0 spiro atoms. The molecule has 0 fully saturated rings. The van der Waals surface area contributed by atoms with Crippen molar-refractivity contribution in [2.75, 3.05) is 0 Å². The molecule has 2 heteroatoms. The lowest BCUT2D eigenvalue weighted by atomic mass is 10.6. The van der Waals surface area contributed by atoms with E-state index in [0.29, 0.717) is 0 Å². The van der Waals surface area contributed by atoms with Gasteiger partial charge in [-0.05, 0) is 12.1 Å². The molecule has 0 nitrogen and oxygen atoms in total. The van der Waals surface area contributed by atoms with Gasteiger partial charge < -0.3 is 0 Å². The zero-order valence-electron chi connectivity index (χ0n) is 8.78. The Morgan fingerprint density at radius 1 is 1.00 bits per heavy atom. The Hall–Kier alpha value is -0.0862. The molecule has 1 rings (SSSR count). The molecule has 0 saturated carbocycles. The van der Waals surface area contributed by atoms with Gasteiger partial charge in [0.15, 0.2) is 0 Å². The summed E-state index contributed by atoms with van der Waals surface area (Å²) >= 11 is 0. The van der Waals surface area contributed by atoms with Crippen LogP contribution < -0.4 is 0 Å². The molecule has 0 bridgehead atoms. The van der Waals surface area contributed by atoms with Gasteiger partial charge in [0.25, 0.3) is 0 Å². The first-order valence-electron chi connectivity index (χ1n) is 4.71. The van der Waals surface area contributed by atoms with Crippen LogP contribution >= 0.6 is 0 Å². The van der Waals surface area contributed by atoms with E-state index in [4.69, 9.17) is 0 Å². The fourth-order valence-corrected chi connectivity index (χ4v) is 11.9. The molecular formula is C10H20Si2. The van der Waals surface area contributed by atoms with E-state index >= 15 is 0 Å². The monoisotopic (exact) mass is 196 g/mol. The largest absolute Gasteiger partial charge is 0.107 e. The van der Waals surface area contributed by atoms with Crippen LogP contribution in [0.2, 0.25) is 38.3 Å². The maximum absolute atomic E-state index is 4.36. The Labute approximate surface area is 78.4 Å².